The number of benzene rings is 2. The third kappa shape index (κ3) is 3.42. The van der Waals surface area contributed by atoms with Crippen molar-refractivity contribution < 1.29 is 14.3 Å². The number of nitrogens with two attached hydrogens (primary N) is 1. The molecule has 0 atom stereocenters. The molecule has 6 nitrogen and oxygen atoms in total. The number of hydrogen-bond donors (Lipinski definition) is 1. The quantitative estimate of drug-likeness (QED) is 0.582. The molecule has 0 fully saturated rings. The minimum Gasteiger partial charge on any atom is -0.497 e. The number of nitrogen functional groups attached to an aromatic ring is 1. The van der Waals surface area contributed by atoms with Crippen molar-refractivity contribution in [2.75, 3.05) is 20.0 Å². The molecule has 2 N–H and O–H groups in total. The van der Waals surface area contributed by atoms with E-state index in [1.54, 1.807) is 37.7 Å². The van der Waals surface area contributed by atoms with E-state index in [1.165, 1.54) is 7.11 Å². The smallest absolute Gasteiger partial charge is 0.339 e. The lowest BCUT2D eigenvalue weighted by Gasteiger charge is -2.07. The van der Waals surface area contributed by atoms with Gasteiger partial charge in [-0.2, -0.15) is 0 Å². The molecule has 0 radical (unpaired) electrons. The number of carbonyl (C=O) groups is 1. The number of aromatic nitrogens is 2. The summed E-state index contributed by atoms with van der Waals surface area (Å²) in [5.41, 5.74) is 9.18. The van der Waals surface area contributed by atoms with E-state index in [0.29, 0.717) is 17.1 Å². The molecule has 1 heterocycles. The molecule has 0 amide bonds. The maximum absolute atomic E-state index is 11.6. The van der Waals surface area contributed by atoms with Crippen molar-refractivity contribution in [1.29, 1.82) is 0 Å². The summed E-state index contributed by atoms with van der Waals surface area (Å²) in [5, 5.41) is 0. The number of ether oxygens (including phenoxy) is 2. The van der Waals surface area contributed by atoms with Gasteiger partial charge in [-0.05, 0) is 29.8 Å². The van der Waals surface area contributed by atoms with E-state index in [0.717, 1.165) is 22.4 Å². The highest BCUT2D eigenvalue weighted by Crippen LogP contribution is 2.25. The molecule has 0 aliphatic rings. The van der Waals surface area contributed by atoms with Crippen molar-refractivity contribution in [3.63, 3.8) is 0 Å². The predicted octanol–water partition coefficient (Wildman–Crippen LogP) is 3.19. The number of anilines is 1. The van der Waals surface area contributed by atoms with Gasteiger partial charge in [-0.3, -0.25) is 0 Å². The number of rotatable bonds is 4. The van der Waals surface area contributed by atoms with E-state index in [4.69, 9.17) is 10.5 Å². The third-order valence-electron chi connectivity index (χ3n) is 3.79. The second kappa shape index (κ2) is 7.00. The van der Waals surface area contributed by atoms with Gasteiger partial charge >= 0.3 is 5.97 Å². The van der Waals surface area contributed by atoms with Crippen molar-refractivity contribution in [1.82, 2.24) is 9.97 Å². The van der Waals surface area contributed by atoms with Gasteiger partial charge in [-0.15, -0.1) is 0 Å². The van der Waals surface area contributed by atoms with Gasteiger partial charge in [0.25, 0.3) is 0 Å². The van der Waals surface area contributed by atoms with Crippen LogP contribution in [-0.4, -0.2) is 30.2 Å². The van der Waals surface area contributed by atoms with Crippen molar-refractivity contribution in [3.8, 4) is 28.3 Å². The molecule has 3 aromatic rings. The summed E-state index contributed by atoms with van der Waals surface area (Å²) in [7, 11) is 2.95. The molecule has 3 rings (SSSR count). The van der Waals surface area contributed by atoms with E-state index in [9.17, 15) is 4.79 Å². The molecule has 0 aliphatic heterocycles. The molecular formula is C19H17N3O3. The summed E-state index contributed by atoms with van der Waals surface area (Å²) in [6, 6.07) is 12.7. The van der Waals surface area contributed by atoms with Crippen LogP contribution in [0, 0.1) is 0 Å². The first-order chi connectivity index (χ1) is 12.1. The second-order valence-corrected chi connectivity index (χ2v) is 5.32. The lowest BCUT2D eigenvalue weighted by molar-refractivity contribution is 0.0602. The van der Waals surface area contributed by atoms with Gasteiger partial charge in [0.05, 0.1) is 19.8 Å². The molecule has 0 unspecified atom stereocenters. The molecule has 0 saturated carbocycles. The number of esters is 1. The third-order valence-corrected chi connectivity index (χ3v) is 3.79. The van der Waals surface area contributed by atoms with E-state index >= 15 is 0 Å². The van der Waals surface area contributed by atoms with Crippen LogP contribution in [0.4, 0.5) is 5.69 Å². The van der Waals surface area contributed by atoms with Crippen LogP contribution in [0.15, 0.2) is 54.9 Å². The van der Waals surface area contributed by atoms with Crippen LogP contribution in [0.5, 0.6) is 5.75 Å². The maximum Gasteiger partial charge on any atom is 0.339 e. The second-order valence-electron chi connectivity index (χ2n) is 5.32. The zero-order chi connectivity index (χ0) is 17.8. The zero-order valence-electron chi connectivity index (χ0n) is 13.9. The monoisotopic (exact) mass is 335 g/mol. The van der Waals surface area contributed by atoms with Crippen LogP contribution >= 0.6 is 0 Å². The summed E-state index contributed by atoms with van der Waals surface area (Å²) in [6.45, 7) is 0. The summed E-state index contributed by atoms with van der Waals surface area (Å²) in [4.78, 5) is 20.4. The first kappa shape index (κ1) is 16.4. The van der Waals surface area contributed by atoms with Crippen LogP contribution in [0.3, 0.4) is 0 Å². The van der Waals surface area contributed by atoms with Crippen molar-refractivity contribution in [2.24, 2.45) is 0 Å². The fourth-order valence-electron chi connectivity index (χ4n) is 2.41. The summed E-state index contributed by atoms with van der Waals surface area (Å²) in [6.07, 6.45) is 3.49. The lowest BCUT2D eigenvalue weighted by Crippen LogP contribution is -2.05. The SMILES string of the molecule is COC(=O)c1ccc(-c2ncc(-c3ccc(OC)cc3)cn2)cc1N. The van der Waals surface area contributed by atoms with Crippen LogP contribution in [0.2, 0.25) is 0 Å². The van der Waals surface area contributed by atoms with Crippen LogP contribution in [0.25, 0.3) is 22.5 Å². The topological polar surface area (TPSA) is 87.3 Å². The fourth-order valence-corrected chi connectivity index (χ4v) is 2.41. The Hall–Kier alpha value is -3.41. The molecule has 2 aromatic carbocycles. The molecule has 6 heteroatoms. The summed E-state index contributed by atoms with van der Waals surface area (Å²) in [5.74, 6) is 0.850. The van der Waals surface area contributed by atoms with E-state index < -0.39 is 5.97 Å². The largest absolute Gasteiger partial charge is 0.497 e. The van der Waals surface area contributed by atoms with Crippen molar-refractivity contribution in [3.05, 3.63) is 60.4 Å². The Labute approximate surface area is 145 Å². The molecule has 1 aromatic heterocycles. The average Bonchev–Trinajstić information content (AvgIpc) is 2.67. The Balaban J connectivity index is 1.87. The maximum atomic E-state index is 11.6. The number of nitrogens with zero attached hydrogens (tertiary/aromatic N) is 2. The summed E-state index contributed by atoms with van der Waals surface area (Å²) < 4.78 is 9.84. The number of hydrogen-bond acceptors (Lipinski definition) is 6. The van der Waals surface area contributed by atoms with Gasteiger partial charge in [0.2, 0.25) is 0 Å². The Morgan fingerprint density at radius 2 is 1.56 bits per heavy atom. The van der Waals surface area contributed by atoms with Crippen LogP contribution < -0.4 is 10.5 Å². The molecule has 126 valence electrons. The predicted molar refractivity (Wildman–Crippen MR) is 95.2 cm³/mol. The van der Waals surface area contributed by atoms with Crippen molar-refractivity contribution >= 4 is 11.7 Å². The Morgan fingerprint density at radius 1 is 0.920 bits per heavy atom. The lowest BCUT2D eigenvalue weighted by atomic mass is 10.1. The molecule has 0 saturated heterocycles. The standard InChI is InChI=1S/C19H17N3O3/c1-24-15-6-3-12(4-7-15)14-10-21-18(22-11-14)13-5-8-16(17(20)9-13)19(23)25-2/h3-11H,20H2,1-2H3. The number of methoxy groups -OCH3 is 2. The Morgan fingerprint density at radius 3 is 2.12 bits per heavy atom. The van der Waals surface area contributed by atoms with Gasteiger partial charge in [0, 0.05) is 29.2 Å². The van der Waals surface area contributed by atoms with Crippen LogP contribution in [0.1, 0.15) is 10.4 Å². The Bertz CT molecular complexity index is 891. The van der Waals surface area contributed by atoms with Gasteiger partial charge in [0.1, 0.15) is 5.75 Å². The van der Waals surface area contributed by atoms with Crippen molar-refractivity contribution in [2.45, 2.75) is 0 Å². The van der Waals surface area contributed by atoms with Gasteiger partial charge in [0.15, 0.2) is 5.82 Å². The molecule has 0 spiro atoms. The minimum atomic E-state index is -0.472. The van der Waals surface area contributed by atoms with Gasteiger partial charge < -0.3 is 15.2 Å². The number of carbonyl (C=O) groups excluding carboxylic acids is 1. The van der Waals surface area contributed by atoms with Gasteiger partial charge in [-0.25, -0.2) is 14.8 Å². The molecule has 0 bridgehead atoms. The highest BCUT2D eigenvalue weighted by molar-refractivity contribution is 5.95. The highest BCUT2D eigenvalue weighted by Gasteiger charge is 2.12. The Kier molecular flexibility index (Phi) is 4.61. The van der Waals surface area contributed by atoms with E-state index in [1.807, 2.05) is 24.3 Å². The van der Waals surface area contributed by atoms with Crippen LogP contribution in [-0.2, 0) is 4.74 Å². The van der Waals surface area contributed by atoms with E-state index in [-0.39, 0.29) is 0 Å². The zero-order valence-corrected chi connectivity index (χ0v) is 13.9. The first-order valence-corrected chi connectivity index (χ1v) is 7.57. The fraction of sp³-hybridized carbons (Fsp3) is 0.105. The highest BCUT2D eigenvalue weighted by atomic mass is 16.5. The van der Waals surface area contributed by atoms with Gasteiger partial charge in [-0.1, -0.05) is 18.2 Å². The normalized spacial score (nSPS) is 10.3. The van der Waals surface area contributed by atoms with E-state index in [2.05, 4.69) is 14.7 Å². The molecule has 0 aliphatic carbocycles. The molecular weight excluding hydrogens is 318 g/mol. The minimum absolute atomic E-state index is 0.320. The molecule has 25 heavy (non-hydrogen) atoms. The average molecular weight is 335 g/mol. The summed E-state index contributed by atoms with van der Waals surface area (Å²) >= 11 is 0. The first-order valence-electron chi connectivity index (χ1n) is 7.57.